The number of nitrogens with zero attached hydrogens (tertiary/aromatic N) is 1. The van der Waals surface area contributed by atoms with Gasteiger partial charge >= 0.3 is 0 Å². The number of nitrogens with two attached hydrogens (primary N) is 1. The van der Waals surface area contributed by atoms with Gasteiger partial charge in [-0.15, -0.1) is 12.4 Å². The number of carbonyl (C=O) groups excluding carboxylic acids is 1. The summed E-state index contributed by atoms with van der Waals surface area (Å²) in [5.41, 5.74) is 6.82. The second-order valence-corrected chi connectivity index (χ2v) is 6.87. The third-order valence-electron chi connectivity index (χ3n) is 4.51. The second-order valence-electron chi connectivity index (χ2n) is 6.43. The van der Waals surface area contributed by atoms with Crippen LogP contribution in [-0.2, 0) is 4.79 Å². The Labute approximate surface area is 149 Å². The predicted molar refractivity (Wildman–Crippen MR) is 95.8 cm³/mol. The molecule has 2 rings (SSSR count). The van der Waals surface area contributed by atoms with Crippen molar-refractivity contribution in [3.63, 3.8) is 0 Å². The van der Waals surface area contributed by atoms with Crippen molar-refractivity contribution in [3.8, 4) is 0 Å². The molecule has 1 aromatic rings. The molecular formula is C17H26Cl2N2O2. The van der Waals surface area contributed by atoms with E-state index in [9.17, 15) is 9.90 Å². The van der Waals surface area contributed by atoms with E-state index in [2.05, 4.69) is 0 Å². The molecule has 1 saturated heterocycles. The summed E-state index contributed by atoms with van der Waals surface area (Å²) in [6.45, 7) is 5.24. The highest BCUT2D eigenvalue weighted by atomic mass is 35.5. The average Bonchev–Trinajstić information content (AvgIpc) is 2.53. The minimum atomic E-state index is -0.506. The molecule has 0 saturated carbocycles. The number of hydrogen-bond donors (Lipinski definition) is 2. The largest absolute Gasteiger partial charge is 0.388 e. The maximum Gasteiger partial charge on any atom is 0.239 e. The molecule has 6 heteroatoms. The van der Waals surface area contributed by atoms with E-state index in [4.69, 9.17) is 17.3 Å². The van der Waals surface area contributed by atoms with Gasteiger partial charge in [-0.1, -0.05) is 37.6 Å². The van der Waals surface area contributed by atoms with Gasteiger partial charge in [0.1, 0.15) is 0 Å². The van der Waals surface area contributed by atoms with Gasteiger partial charge in [0.2, 0.25) is 5.91 Å². The van der Waals surface area contributed by atoms with Crippen molar-refractivity contribution in [3.05, 3.63) is 34.9 Å². The molecule has 0 aliphatic carbocycles. The van der Waals surface area contributed by atoms with E-state index in [1.165, 1.54) is 0 Å². The van der Waals surface area contributed by atoms with E-state index in [0.29, 0.717) is 18.1 Å². The third kappa shape index (κ3) is 5.08. The highest BCUT2D eigenvalue weighted by Crippen LogP contribution is 2.31. The summed E-state index contributed by atoms with van der Waals surface area (Å²) >= 11 is 5.87. The fourth-order valence-electron chi connectivity index (χ4n) is 2.86. The Morgan fingerprint density at radius 1 is 1.26 bits per heavy atom. The summed E-state index contributed by atoms with van der Waals surface area (Å²) in [6.07, 6.45) is 1.08. The van der Waals surface area contributed by atoms with E-state index >= 15 is 0 Å². The summed E-state index contributed by atoms with van der Waals surface area (Å²) in [5, 5.41) is 11.2. The Morgan fingerprint density at radius 3 is 2.26 bits per heavy atom. The van der Waals surface area contributed by atoms with Crippen LogP contribution in [0.15, 0.2) is 24.3 Å². The lowest BCUT2D eigenvalue weighted by molar-refractivity contribution is -0.135. The number of hydrogen-bond acceptors (Lipinski definition) is 3. The monoisotopic (exact) mass is 360 g/mol. The molecule has 3 N–H and O–H groups in total. The lowest BCUT2D eigenvalue weighted by atomic mass is 9.87. The SMILES string of the molecule is CC(C)[C@H](N)C(=O)N1CCC(C(O)c2ccc(Cl)cc2)CC1.Cl. The van der Waals surface area contributed by atoms with Crippen molar-refractivity contribution in [2.24, 2.45) is 17.6 Å². The summed E-state index contributed by atoms with van der Waals surface area (Å²) in [6, 6.07) is 6.87. The number of rotatable bonds is 4. The molecule has 1 aromatic carbocycles. The first kappa shape index (κ1) is 20.2. The molecule has 1 heterocycles. The zero-order valence-electron chi connectivity index (χ0n) is 13.6. The van der Waals surface area contributed by atoms with Crippen molar-refractivity contribution in [2.45, 2.75) is 38.8 Å². The molecule has 2 atom stereocenters. The van der Waals surface area contributed by atoms with Crippen LogP contribution in [-0.4, -0.2) is 35.0 Å². The Bertz CT molecular complexity index is 500. The van der Waals surface area contributed by atoms with Crippen LogP contribution in [0.4, 0.5) is 0 Å². The molecule has 4 nitrogen and oxygen atoms in total. The fourth-order valence-corrected chi connectivity index (χ4v) is 2.99. The Kier molecular flexibility index (Phi) is 7.81. The number of carbonyl (C=O) groups is 1. The van der Waals surface area contributed by atoms with Gasteiger partial charge in [-0.3, -0.25) is 4.79 Å². The Hall–Kier alpha value is -0.810. The molecule has 0 bridgehead atoms. The van der Waals surface area contributed by atoms with Crippen LogP contribution in [0.5, 0.6) is 0 Å². The van der Waals surface area contributed by atoms with E-state index in [1.807, 2.05) is 30.9 Å². The first-order valence-corrected chi connectivity index (χ1v) is 8.26. The maximum absolute atomic E-state index is 12.2. The molecule has 1 fully saturated rings. The molecule has 0 aromatic heterocycles. The first-order valence-electron chi connectivity index (χ1n) is 7.88. The van der Waals surface area contributed by atoms with E-state index in [-0.39, 0.29) is 30.2 Å². The van der Waals surface area contributed by atoms with Gasteiger partial charge in [-0.05, 0) is 42.4 Å². The Morgan fingerprint density at radius 2 is 1.78 bits per heavy atom. The van der Waals surface area contributed by atoms with Crippen molar-refractivity contribution >= 4 is 29.9 Å². The summed E-state index contributed by atoms with van der Waals surface area (Å²) in [7, 11) is 0. The van der Waals surface area contributed by atoms with Crippen LogP contribution in [0, 0.1) is 11.8 Å². The van der Waals surface area contributed by atoms with Gasteiger partial charge in [-0.25, -0.2) is 0 Å². The van der Waals surface area contributed by atoms with Gasteiger partial charge < -0.3 is 15.7 Å². The number of aliphatic hydroxyl groups excluding tert-OH is 1. The van der Waals surface area contributed by atoms with Crippen LogP contribution < -0.4 is 5.73 Å². The standard InChI is InChI=1S/C17H25ClN2O2.ClH/c1-11(2)15(19)17(22)20-9-7-13(8-10-20)16(21)12-3-5-14(18)6-4-12;/h3-6,11,13,15-16,21H,7-10,19H2,1-2H3;1H/t15-,16?;/m0./s1. The van der Waals surface area contributed by atoms with Gasteiger partial charge in [0.25, 0.3) is 0 Å². The normalized spacial score (nSPS) is 18.4. The number of piperidine rings is 1. The van der Waals surface area contributed by atoms with Crippen LogP contribution in [0.1, 0.15) is 38.4 Å². The zero-order chi connectivity index (χ0) is 16.3. The van der Waals surface area contributed by atoms with Crippen LogP contribution in [0.25, 0.3) is 0 Å². The van der Waals surface area contributed by atoms with Crippen molar-refractivity contribution in [1.82, 2.24) is 4.90 Å². The quantitative estimate of drug-likeness (QED) is 0.866. The molecule has 0 spiro atoms. The highest BCUT2D eigenvalue weighted by Gasteiger charge is 2.30. The molecule has 1 aliphatic rings. The number of likely N-dealkylation sites (tertiary alicyclic amines) is 1. The molecule has 1 aliphatic heterocycles. The topological polar surface area (TPSA) is 66.6 Å². The molecule has 0 radical (unpaired) electrons. The van der Waals surface area contributed by atoms with E-state index < -0.39 is 12.1 Å². The minimum absolute atomic E-state index is 0. The molecule has 1 unspecified atom stereocenters. The van der Waals surface area contributed by atoms with Crippen molar-refractivity contribution in [2.75, 3.05) is 13.1 Å². The summed E-state index contributed by atoms with van der Waals surface area (Å²) in [4.78, 5) is 14.1. The average molecular weight is 361 g/mol. The van der Waals surface area contributed by atoms with E-state index in [1.54, 1.807) is 12.1 Å². The zero-order valence-corrected chi connectivity index (χ0v) is 15.2. The van der Waals surface area contributed by atoms with E-state index in [0.717, 1.165) is 18.4 Å². The van der Waals surface area contributed by atoms with Crippen LogP contribution in [0.3, 0.4) is 0 Å². The fraction of sp³-hybridized carbons (Fsp3) is 0.588. The van der Waals surface area contributed by atoms with Crippen LogP contribution >= 0.6 is 24.0 Å². The molecular weight excluding hydrogens is 335 g/mol. The maximum atomic E-state index is 12.2. The Balaban J connectivity index is 0.00000264. The number of aliphatic hydroxyl groups is 1. The summed E-state index contributed by atoms with van der Waals surface area (Å²) in [5.74, 6) is 0.333. The lowest BCUT2D eigenvalue weighted by Gasteiger charge is -2.36. The number of amides is 1. The predicted octanol–water partition coefficient (Wildman–Crippen LogP) is 3.02. The first-order chi connectivity index (χ1) is 10.4. The third-order valence-corrected chi connectivity index (χ3v) is 4.76. The smallest absolute Gasteiger partial charge is 0.239 e. The van der Waals surface area contributed by atoms with Gasteiger partial charge in [0.05, 0.1) is 12.1 Å². The van der Waals surface area contributed by atoms with Crippen molar-refractivity contribution < 1.29 is 9.90 Å². The van der Waals surface area contributed by atoms with Crippen molar-refractivity contribution in [1.29, 1.82) is 0 Å². The van der Waals surface area contributed by atoms with Gasteiger partial charge in [0, 0.05) is 18.1 Å². The lowest BCUT2D eigenvalue weighted by Crippen LogP contribution is -2.49. The van der Waals surface area contributed by atoms with Gasteiger partial charge in [-0.2, -0.15) is 0 Å². The van der Waals surface area contributed by atoms with Gasteiger partial charge in [0.15, 0.2) is 0 Å². The van der Waals surface area contributed by atoms with Crippen LogP contribution in [0.2, 0.25) is 5.02 Å². The summed E-state index contributed by atoms with van der Waals surface area (Å²) < 4.78 is 0. The molecule has 130 valence electrons. The minimum Gasteiger partial charge on any atom is -0.388 e. The number of benzene rings is 1. The second kappa shape index (κ2) is 8.88. The highest BCUT2D eigenvalue weighted by molar-refractivity contribution is 6.30. The molecule has 1 amide bonds. The molecule has 23 heavy (non-hydrogen) atoms. The number of halogens is 2.